The van der Waals surface area contributed by atoms with Crippen molar-refractivity contribution in [3.63, 3.8) is 0 Å². The number of halogens is 2. The highest BCUT2D eigenvalue weighted by Gasteiger charge is 2.12. The fourth-order valence-corrected chi connectivity index (χ4v) is 3.65. The van der Waals surface area contributed by atoms with Crippen LogP contribution in [0.1, 0.15) is 27.0 Å². The Labute approximate surface area is 183 Å². The lowest BCUT2D eigenvalue weighted by atomic mass is 10.0. The lowest BCUT2D eigenvalue weighted by Gasteiger charge is -2.06. The van der Waals surface area contributed by atoms with E-state index in [1.54, 1.807) is 36.4 Å². The van der Waals surface area contributed by atoms with Crippen molar-refractivity contribution in [1.29, 1.82) is 5.26 Å². The van der Waals surface area contributed by atoms with Crippen molar-refractivity contribution in [1.82, 2.24) is 4.57 Å². The predicted molar refractivity (Wildman–Crippen MR) is 119 cm³/mol. The number of nitriles is 1. The van der Waals surface area contributed by atoms with Crippen LogP contribution in [0.15, 0.2) is 72.9 Å². The number of hydrogen-bond donors (Lipinski definition) is 1. The molecule has 31 heavy (non-hydrogen) atoms. The van der Waals surface area contributed by atoms with Crippen molar-refractivity contribution < 1.29 is 14.3 Å². The number of carbonyl (C=O) groups is 1. The van der Waals surface area contributed by atoms with Gasteiger partial charge >= 0.3 is 5.97 Å². The minimum atomic E-state index is -1.05. The Morgan fingerprint density at radius 2 is 1.84 bits per heavy atom. The molecule has 0 saturated carbocycles. The summed E-state index contributed by atoms with van der Waals surface area (Å²) in [5, 5.41) is 20.4. The fraction of sp³-hybridized carbons (Fsp3) is 0.0400. The summed E-state index contributed by atoms with van der Waals surface area (Å²) in [6, 6.07) is 20.2. The van der Waals surface area contributed by atoms with Crippen LogP contribution in [0.3, 0.4) is 0 Å². The molecule has 0 spiro atoms. The highest BCUT2D eigenvalue weighted by atomic mass is 35.5. The molecule has 0 aliphatic heterocycles. The van der Waals surface area contributed by atoms with E-state index in [2.05, 4.69) is 6.07 Å². The van der Waals surface area contributed by atoms with Gasteiger partial charge in [0.25, 0.3) is 0 Å². The molecule has 4 nitrogen and oxygen atoms in total. The number of rotatable bonds is 5. The summed E-state index contributed by atoms with van der Waals surface area (Å²) in [6.45, 7) is 0.501. The third kappa shape index (κ3) is 4.35. The highest BCUT2D eigenvalue weighted by molar-refractivity contribution is 6.31. The maximum absolute atomic E-state index is 13.3. The van der Waals surface area contributed by atoms with E-state index in [0.29, 0.717) is 22.7 Å². The van der Waals surface area contributed by atoms with Crippen LogP contribution in [0.25, 0.3) is 22.6 Å². The molecule has 0 radical (unpaired) electrons. The maximum Gasteiger partial charge on any atom is 0.335 e. The number of hydrogen-bond acceptors (Lipinski definition) is 2. The monoisotopic (exact) mass is 430 g/mol. The second-order valence-electron chi connectivity index (χ2n) is 7.06. The Morgan fingerprint density at radius 3 is 2.55 bits per heavy atom. The van der Waals surface area contributed by atoms with Gasteiger partial charge in [-0.15, -0.1) is 0 Å². The van der Waals surface area contributed by atoms with E-state index < -0.39 is 5.97 Å². The first-order valence-corrected chi connectivity index (χ1v) is 9.81. The summed E-state index contributed by atoms with van der Waals surface area (Å²) < 4.78 is 15.2. The molecular weight excluding hydrogens is 415 g/mol. The van der Waals surface area contributed by atoms with E-state index in [4.69, 9.17) is 11.6 Å². The molecule has 152 valence electrons. The molecule has 0 atom stereocenters. The maximum atomic E-state index is 13.3. The fourth-order valence-electron chi connectivity index (χ4n) is 3.48. The first-order chi connectivity index (χ1) is 14.9. The highest BCUT2D eigenvalue weighted by Crippen LogP contribution is 2.29. The van der Waals surface area contributed by atoms with Crippen molar-refractivity contribution in [2.75, 3.05) is 0 Å². The Morgan fingerprint density at radius 1 is 1.10 bits per heavy atom. The molecule has 6 heteroatoms. The number of nitrogens with zero attached hydrogens (tertiary/aromatic N) is 2. The average molecular weight is 431 g/mol. The van der Waals surface area contributed by atoms with Gasteiger partial charge in [-0.3, -0.25) is 0 Å². The number of benzene rings is 3. The molecule has 0 fully saturated rings. The smallest absolute Gasteiger partial charge is 0.335 e. The molecule has 1 heterocycles. The van der Waals surface area contributed by atoms with Gasteiger partial charge in [0.05, 0.1) is 22.7 Å². The summed E-state index contributed by atoms with van der Waals surface area (Å²) in [6.07, 6.45) is 3.64. The number of carboxylic acid groups (broad SMARTS) is 1. The van der Waals surface area contributed by atoms with Crippen molar-refractivity contribution in [3.8, 4) is 6.07 Å². The summed E-state index contributed by atoms with van der Waals surface area (Å²) in [5.41, 5.74) is 3.58. The predicted octanol–water partition coefficient (Wildman–Crippen LogP) is 6.24. The molecule has 1 N–H and O–H groups in total. The van der Waals surface area contributed by atoms with Gasteiger partial charge in [-0.1, -0.05) is 41.9 Å². The van der Waals surface area contributed by atoms with Crippen LogP contribution in [0, 0.1) is 17.1 Å². The quantitative estimate of drug-likeness (QED) is 0.381. The Kier molecular flexibility index (Phi) is 5.57. The number of aromatic nitrogens is 1. The zero-order valence-electron chi connectivity index (χ0n) is 16.2. The molecular formula is C25H16ClFN2O2. The third-order valence-corrected chi connectivity index (χ3v) is 5.22. The summed E-state index contributed by atoms with van der Waals surface area (Å²) in [4.78, 5) is 11.3. The molecule has 0 saturated heterocycles. The largest absolute Gasteiger partial charge is 0.478 e. The molecule has 0 aliphatic rings. The van der Waals surface area contributed by atoms with Gasteiger partial charge in [-0.05, 0) is 53.6 Å². The molecule has 3 aromatic carbocycles. The van der Waals surface area contributed by atoms with E-state index in [0.717, 1.165) is 22.0 Å². The van der Waals surface area contributed by atoms with Gasteiger partial charge in [-0.25, -0.2) is 9.18 Å². The number of allylic oxidation sites excluding steroid dienone is 1. The normalized spacial score (nSPS) is 11.5. The molecule has 0 amide bonds. The SMILES string of the molecule is N#C/C(=C\c1cn(Cc2ccc(F)cc2)c2cc(Cl)ccc12)c1cccc(C(=O)O)c1. The molecule has 0 aliphatic carbocycles. The molecule has 4 rings (SSSR count). The van der Waals surface area contributed by atoms with Gasteiger partial charge in [0.15, 0.2) is 0 Å². The number of fused-ring (bicyclic) bond motifs is 1. The number of aromatic carboxylic acids is 1. The van der Waals surface area contributed by atoms with Crippen LogP contribution >= 0.6 is 11.6 Å². The van der Waals surface area contributed by atoms with Crippen LogP contribution in [-0.4, -0.2) is 15.6 Å². The van der Waals surface area contributed by atoms with Gasteiger partial charge < -0.3 is 9.67 Å². The van der Waals surface area contributed by atoms with Gasteiger partial charge in [-0.2, -0.15) is 5.26 Å². The lowest BCUT2D eigenvalue weighted by Crippen LogP contribution is -1.97. The second kappa shape index (κ2) is 8.47. The van der Waals surface area contributed by atoms with E-state index >= 15 is 0 Å². The van der Waals surface area contributed by atoms with Crippen LogP contribution in [0.5, 0.6) is 0 Å². The molecule has 1 aromatic heterocycles. The zero-order chi connectivity index (χ0) is 22.0. The lowest BCUT2D eigenvalue weighted by molar-refractivity contribution is 0.0697. The van der Waals surface area contributed by atoms with Crippen molar-refractivity contribution in [2.45, 2.75) is 6.54 Å². The van der Waals surface area contributed by atoms with Crippen LogP contribution in [0.2, 0.25) is 5.02 Å². The first-order valence-electron chi connectivity index (χ1n) is 9.43. The van der Waals surface area contributed by atoms with Crippen LogP contribution in [0.4, 0.5) is 4.39 Å². The van der Waals surface area contributed by atoms with Crippen molar-refractivity contribution >= 4 is 40.1 Å². The Hall–Kier alpha value is -3.88. The summed E-state index contributed by atoms with van der Waals surface area (Å²) in [7, 11) is 0. The topological polar surface area (TPSA) is 66.0 Å². The summed E-state index contributed by atoms with van der Waals surface area (Å²) in [5.74, 6) is -1.35. The Balaban J connectivity index is 1.81. The van der Waals surface area contributed by atoms with Crippen molar-refractivity contribution in [3.05, 3.63) is 106 Å². The van der Waals surface area contributed by atoms with Gasteiger partial charge in [0.2, 0.25) is 0 Å². The van der Waals surface area contributed by atoms with Gasteiger partial charge in [0.1, 0.15) is 5.82 Å². The van der Waals surface area contributed by atoms with E-state index in [1.807, 2.05) is 22.9 Å². The standard InChI is InChI=1S/C25H16ClFN2O2/c26-21-6-9-23-20(11-19(13-28)17-2-1-3-18(10-17)25(30)31)15-29(24(23)12-21)14-16-4-7-22(27)8-5-16/h1-12,15H,14H2,(H,30,31)/b19-11+. The molecule has 0 bridgehead atoms. The first kappa shape index (κ1) is 20.4. The van der Waals surface area contributed by atoms with E-state index in [1.165, 1.54) is 24.3 Å². The average Bonchev–Trinajstić information content (AvgIpc) is 3.09. The molecule has 0 unspecified atom stereocenters. The second-order valence-corrected chi connectivity index (χ2v) is 7.49. The number of carboxylic acids is 1. The van der Waals surface area contributed by atoms with Gasteiger partial charge in [0, 0.05) is 28.7 Å². The minimum Gasteiger partial charge on any atom is -0.478 e. The summed E-state index contributed by atoms with van der Waals surface area (Å²) >= 11 is 6.21. The molecule has 4 aromatic rings. The van der Waals surface area contributed by atoms with E-state index in [9.17, 15) is 19.6 Å². The van der Waals surface area contributed by atoms with E-state index in [-0.39, 0.29) is 11.4 Å². The van der Waals surface area contributed by atoms with Crippen LogP contribution < -0.4 is 0 Å². The van der Waals surface area contributed by atoms with Crippen molar-refractivity contribution in [2.24, 2.45) is 0 Å². The third-order valence-electron chi connectivity index (χ3n) is 4.98. The minimum absolute atomic E-state index is 0.115. The Bertz CT molecular complexity index is 1360. The van der Waals surface area contributed by atoms with Crippen LogP contribution in [-0.2, 0) is 6.54 Å². The zero-order valence-corrected chi connectivity index (χ0v) is 17.0.